The fraction of sp³-hybridized carbons (Fsp3) is 0. The van der Waals surface area contributed by atoms with Crippen molar-refractivity contribution in [1.29, 1.82) is 0 Å². The van der Waals surface area contributed by atoms with E-state index >= 15 is 0 Å². The number of hydrogen-bond acceptors (Lipinski definition) is 6. The molecule has 2 aromatic rings. The lowest BCUT2D eigenvalue weighted by Crippen LogP contribution is -2.00. The number of rotatable bonds is 4. The van der Waals surface area contributed by atoms with E-state index in [1.165, 1.54) is 18.3 Å². The van der Waals surface area contributed by atoms with Crippen LogP contribution in [-0.4, -0.2) is 17.1 Å². The van der Waals surface area contributed by atoms with Gasteiger partial charge < -0.3 is 4.84 Å². The Kier molecular flexibility index (Phi) is 4.59. The first-order chi connectivity index (χ1) is 9.56. The summed E-state index contributed by atoms with van der Waals surface area (Å²) in [6, 6.07) is 9.58. The molecule has 0 spiro atoms. The summed E-state index contributed by atoms with van der Waals surface area (Å²) in [6.07, 6.45) is 1.26. The fourth-order valence-corrected chi connectivity index (χ4v) is 2.39. The number of thiophene rings is 1. The monoisotopic (exact) mass is 354 g/mol. The van der Waals surface area contributed by atoms with Crippen molar-refractivity contribution in [3.63, 3.8) is 0 Å². The van der Waals surface area contributed by atoms with Gasteiger partial charge in [0.1, 0.15) is 0 Å². The maximum absolute atomic E-state index is 11.6. The summed E-state index contributed by atoms with van der Waals surface area (Å²) in [4.78, 5) is 26.9. The summed E-state index contributed by atoms with van der Waals surface area (Å²) in [7, 11) is 0. The van der Waals surface area contributed by atoms with Gasteiger partial charge in [0, 0.05) is 10.5 Å². The molecule has 2 rings (SSSR count). The first-order valence-electron chi connectivity index (χ1n) is 5.31. The van der Waals surface area contributed by atoms with Crippen LogP contribution >= 0.6 is 27.3 Å². The zero-order chi connectivity index (χ0) is 14.5. The number of halogens is 1. The number of benzene rings is 1. The van der Waals surface area contributed by atoms with E-state index in [1.807, 2.05) is 0 Å². The van der Waals surface area contributed by atoms with Crippen LogP contribution in [0.1, 0.15) is 15.2 Å². The van der Waals surface area contributed by atoms with Crippen molar-refractivity contribution in [3.05, 3.63) is 61.4 Å². The summed E-state index contributed by atoms with van der Waals surface area (Å²) in [5, 5.41) is 14.0. The zero-order valence-electron chi connectivity index (χ0n) is 9.86. The molecule has 0 radical (unpaired) electrons. The van der Waals surface area contributed by atoms with Gasteiger partial charge in [-0.05, 0) is 24.3 Å². The van der Waals surface area contributed by atoms with E-state index in [9.17, 15) is 14.9 Å². The van der Waals surface area contributed by atoms with Gasteiger partial charge in [0.25, 0.3) is 0 Å². The van der Waals surface area contributed by atoms with Gasteiger partial charge >= 0.3 is 11.0 Å². The molecular formula is C12H7BrN2O4S. The van der Waals surface area contributed by atoms with Gasteiger partial charge in [0.05, 0.1) is 21.6 Å². The molecule has 0 bridgehead atoms. The number of hydrogen-bond donors (Lipinski definition) is 0. The first kappa shape index (κ1) is 14.4. The van der Waals surface area contributed by atoms with E-state index in [0.29, 0.717) is 10.4 Å². The minimum atomic E-state index is -0.603. The first-order valence-corrected chi connectivity index (χ1v) is 6.92. The Bertz CT molecular complexity index is 684. The smallest absolute Gasteiger partial charge is 0.313 e. The summed E-state index contributed by atoms with van der Waals surface area (Å²) in [5.41, 5.74) is 0.355. The van der Waals surface area contributed by atoms with Crippen molar-refractivity contribution in [2.75, 3.05) is 0 Å². The van der Waals surface area contributed by atoms with Crippen LogP contribution in [-0.2, 0) is 4.84 Å². The SMILES string of the molecule is O=C(O/N=C/c1ccc([N+](=O)[O-])s1)c1cccc(Br)c1. The highest BCUT2D eigenvalue weighted by atomic mass is 79.9. The Balaban J connectivity index is 1.99. The maximum Gasteiger partial charge on any atom is 0.365 e. The molecular weight excluding hydrogens is 348 g/mol. The number of nitro groups is 1. The number of nitrogens with zero attached hydrogens (tertiary/aromatic N) is 2. The van der Waals surface area contributed by atoms with E-state index in [4.69, 9.17) is 4.84 Å². The molecule has 0 fully saturated rings. The molecule has 0 saturated heterocycles. The van der Waals surface area contributed by atoms with E-state index < -0.39 is 10.9 Å². The van der Waals surface area contributed by atoms with E-state index in [2.05, 4.69) is 21.1 Å². The van der Waals surface area contributed by atoms with Gasteiger partial charge in [-0.1, -0.05) is 38.5 Å². The molecule has 1 heterocycles. The predicted molar refractivity (Wildman–Crippen MR) is 78.1 cm³/mol. The summed E-state index contributed by atoms with van der Waals surface area (Å²) < 4.78 is 0.754. The second-order valence-corrected chi connectivity index (χ2v) is 5.57. The molecule has 0 atom stereocenters. The van der Waals surface area contributed by atoms with Crippen LogP contribution in [0.4, 0.5) is 5.00 Å². The molecule has 102 valence electrons. The van der Waals surface area contributed by atoms with Gasteiger partial charge in [-0.15, -0.1) is 0 Å². The van der Waals surface area contributed by atoms with Crippen molar-refractivity contribution in [1.82, 2.24) is 0 Å². The molecule has 0 N–H and O–H groups in total. The average Bonchev–Trinajstić information content (AvgIpc) is 2.87. The van der Waals surface area contributed by atoms with Gasteiger partial charge in [-0.25, -0.2) is 4.79 Å². The van der Waals surface area contributed by atoms with Crippen LogP contribution in [0.2, 0.25) is 0 Å². The van der Waals surface area contributed by atoms with Gasteiger partial charge in [-0.2, -0.15) is 0 Å². The maximum atomic E-state index is 11.6. The molecule has 20 heavy (non-hydrogen) atoms. The van der Waals surface area contributed by atoms with E-state index in [-0.39, 0.29) is 5.00 Å². The minimum absolute atomic E-state index is 0.00441. The highest BCUT2D eigenvalue weighted by Crippen LogP contribution is 2.22. The second-order valence-electron chi connectivity index (χ2n) is 3.56. The average molecular weight is 355 g/mol. The Morgan fingerprint density at radius 3 is 2.85 bits per heavy atom. The standard InChI is InChI=1S/C12H7BrN2O4S/c13-9-3-1-2-8(6-9)12(16)19-14-7-10-4-5-11(20-10)15(17)18/h1-7H/b14-7+. The Labute approximate surface area is 126 Å². The molecule has 0 unspecified atom stereocenters. The molecule has 0 amide bonds. The zero-order valence-corrected chi connectivity index (χ0v) is 12.3. The highest BCUT2D eigenvalue weighted by molar-refractivity contribution is 9.10. The van der Waals surface area contributed by atoms with Crippen LogP contribution in [0.15, 0.2) is 46.0 Å². The summed E-state index contributed by atoms with van der Waals surface area (Å²) in [5.74, 6) is -0.603. The topological polar surface area (TPSA) is 81.8 Å². The van der Waals surface area contributed by atoms with Gasteiger partial charge in [0.2, 0.25) is 0 Å². The summed E-state index contributed by atoms with van der Waals surface area (Å²) in [6.45, 7) is 0. The molecule has 8 heteroatoms. The molecule has 6 nitrogen and oxygen atoms in total. The molecule has 0 aliphatic rings. The van der Waals surface area contributed by atoms with Crippen LogP contribution in [0.25, 0.3) is 0 Å². The minimum Gasteiger partial charge on any atom is -0.313 e. The Hall–Kier alpha value is -2.06. The predicted octanol–water partition coefficient (Wildman–Crippen LogP) is 3.61. The largest absolute Gasteiger partial charge is 0.365 e. The van der Waals surface area contributed by atoms with Crippen LogP contribution in [0.5, 0.6) is 0 Å². The number of oxime groups is 1. The normalized spacial score (nSPS) is 10.7. The third-order valence-corrected chi connectivity index (χ3v) is 3.63. The molecule has 1 aromatic carbocycles. The van der Waals surface area contributed by atoms with Crippen LogP contribution < -0.4 is 0 Å². The third-order valence-electron chi connectivity index (χ3n) is 2.17. The third kappa shape index (κ3) is 3.72. The lowest BCUT2D eigenvalue weighted by Gasteiger charge is -1.97. The molecule has 1 aromatic heterocycles. The van der Waals surface area contributed by atoms with Crippen molar-refractivity contribution in [2.24, 2.45) is 5.16 Å². The van der Waals surface area contributed by atoms with Crippen LogP contribution in [0.3, 0.4) is 0 Å². The van der Waals surface area contributed by atoms with E-state index in [1.54, 1.807) is 24.3 Å². The van der Waals surface area contributed by atoms with Crippen LogP contribution in [0, 0.1) is 10.1 Å². The Morgan fingerprint density at radius 1 is 1.40 bits per heavy atom. The lowest BCUT2D eigenvalue weighted by atomic mass is 10.2. The molecule has 0 aliphatic carbocycles. The van der Waals surface area contributed by atoms with Gasteiger partial charge in [-0.3, -0.25) is 10.1 Å². The number of carbonyl (C=O) groups excluding carboxylic acids is 1. The highest BCUT2D eigenvalue weighted by Gasteiger charge is 2.09. The Morgan fingerprint density at radius 2 is 2.20 bits per heavy atom. The lowest BCUT2D eigenvalue weighted by molar-refractivity contribution is -0.380. The molecule has 0 aliphatic heterocycles. The summed E-state index contributed by atoms with van der Waals surface area (Å²) >= 11 is 4.19. The quantitative estimate of drug-likeness (QED) is 0.363. The fourth-order valence-electron chi connectivity index (χ4n) is 1.30. The van der Waals surface area contributed by atoms with Crippen molar-refractivity contribution >= 4 is 44.5 Å². The van der Waals surface area contributed by atoms with Gasteiger partial charge in [0.15, 0.2) is 0 Å². The van der Waals surface area contributed by atoms with Crippen molar-refractivity contribution < 1.29 is 14.6 Å². The van der Waals surface area contributed by atoms with Crippen molar-refractivity contribution in [3.8, 4) is 0 Å². The van der Waals surface area contributed by atoms with E-state index in [0.717, 1.165) is 15.8 Å². The van der Waals surface area contributed by atoms with Crippen molar-refractivity contribution in [2.45, 2.75) is 0 Å². The number of carbonyl (C=O) groups is 1. The second kappa shape index (κ2) is 6.40. The molecule has 0 saturated carbocycles.